The van der Waals surface area contributed by atoms with Gasteiger partial charge in [-0.3, -0.25) is 15.6 Å². The van der Waals surface area contributed by atoms with Gasteiger partial charge in [-0.25, -0.2) is 13.1 Å². The maximum atomic E-state index is 12.1. The van der Waals surface area contributed by atoms with Crippen LogP contribution in [0.25, 0.3) is 0 Å². The van der Waals surface area contributed by atoms with Crippen molar-refractivity contribution in [3.8, 4) is 0 Å². The van der Waals surface area contributed by atoms with Crippen LogP contribution in [0.1, 0.15) is 32.3 Å². The lowest BCUT2D eigenvalue weighted by atomic mass is 10.1. The van der Waals surface area contributed by atoms with E-state index in [0.29, 0.717) is 11.0 Å². The predicted octanol–water partition coefficient (Wildman–Crippen LogP) is 1.20. The Balaban J connectivity index is 2.28. The minimum absolute atomic E-state index is 0.00272. The van der Waals surface area contributed by atoms with Gasteiger partial charge in [0, 0.05) is 19.5 Å². The maximum absolute atomic E-state index is 12.1. The van der Waals surface area contributed by atoms with E-state index in [2.05, 4.69) is 34.7 Å². The van der Waals surface area contributed by atoms with Gasteiger partial charge in [0.15, 0.2) is 5.11 Å². The molecule has 1 aromatic rings. The first-order valence-corrected chi connectivity index (χ1v) is 9.99. The van der Waals surface area contributed by atoms with Crippen molar-refractivity contribution in [1.29, 1.82) is 0 Å². The molecule has 140 valence electrons. The second kappa shape index (κ2) is 10.3. The summed E-state index contributed by atoms with van der Waals surface area (Å²) in [6, 6.07) is 6.50. The standard InChI is InChI=1S/C16H26N4O3S2/c1-12(2)8-10-17-16(24)20-19-15(21)9-11-18-25(22,23)14-6-4-13(3)5-7-14/h4-7,12,18H,8-11H2,1-3H3,(H,19,21)(H2,17,20,24). The number of carbonyl (C=O) groups is 1. The molecule has 0 aliphatic carbocycles. The lowest BCUT2D eigenvalue weighted by molar-refractivity contribution is -0.121. The largest absolute Gasteiger partial charge is 0.361 e. The summed E-state index contributed by atoms with van der Waals surface area (Å²) in [7, 11) is -3.61. The Kier molecular flexibility index (Phi) is 8.81. The van der Waals surface area contributed by atoms with Gasteiger partial charge in [0.2, 0.25) is 15.9 Å². The van der Waals surface area contributed by atoms with Crippen LogP contribution in [0.4, 0.5) is 0 Å². The van der Waals surface area contributed by atoms with Gasteiger partial charge in [0.25, 0.3) is 0 Å². The summed E-state index contributed by atoms with van der Waals surface area (Å²) < 4.78 is 26.5. The van der Waals surface area contributed by atoms with Gasteiger partial charge < -0.3 is 5.32 Å². The highest BCUT2D eigenvalue weighted by molar-refractivity contribution is 7.89. The highest BCUT2D eigenvalue weighted by atomic mass is 32.2. The molecular formula is C16H26N4O3S2. The van der Waals surface area contributed by atoms with Gasteiger partial charge in [-0.1, -0.05) is 31.5 Å². The molecule has 0 heterocycles. The Morgan fingerprint density at radius 3 is 2.36 bits per heavy atom. The summed E-state index contributed by atoms with van der Waals surface area (Å²) in [6.45, 7) is 6.81. The number of sulfonamides is 1. The molecule has 1 amide bonds. The van der Waals surface area contributed by atoms with Gasteiger partial charge >= 0.3 is 0 Å². The van der Waals surface area contributed by atoms with Crippen LogP contribution < -0.4 is 20.9 Å². The van der Waals surface area contributed by atoms with Gasteiger partial charge in [-0.15, -0.1) is 0 Å². The minimum atomic E-state index is -3.61. The minimum Gasteiger partial charge on any atom is -0.361 e. The monoisotopic (exact) mass is 386 g/mol. The van der Waals surface area contributed by atoms with Crippen LogP contribution in [-0.2, 0) is 14.8 Å². The zero-order valence-electron chi connectivity index (χ0n) is 14.8. The van der Waals surface area contributed by atoms with E-state index in [1.54, 1.807) is 12.1 Å². The smallest absolute Gasteiger partial charge is 0.240 e. The highest BCUT2D eigenvalue weighted by Gasteiger charge is 2.13. The number of hydrogen-bond acceptors (Lipinski definition) is 4. The normalized spacial score (nSPS) is 11.2. The first kappa shape index (κ1) is 21.3. The molecule has 7 nitrogen and oxygen atoms in total. The maximum Gasteiger partial charge on any atom is 0.240 e. The molecular weight excluding hydrogens is 360 g/mol. The molecule has 0 fully saturated rings. The summed E-state index contributed by atoms with van der Waals surface area (Å²) in [5, 5.41) is 3.30. The molecule has 0 saturated carbocycles. The van der Waals surface area contributed by atoms with Crippen molar-refractivity contribution >= 4 is 33.3 Å². The van der Waals surface area contributed by atoms with E-state index < -0.39 is 10.0 Å². The quantitative estimate of drug-likeness (QED) is 0.396. The summed E-state index contributed by atoms with van der Waals surface area (Å²) in [5.74, 6) is 0.200. The third-order valence-corrected chi connectivity index (χ3v) is 5.02. The number of hydrogen-bond donors (Lipinski definition) is 4. The number of nitrogens with one attached hydrogen (secondary N) is 4. The van der Waals surface area contributed by atoms with E-state index in [-0.39, 0.29) is 23.8 Å². The van der Waals surface area contributed by atoms with E-state index in [1.807, 2.05) is 6.92 Å². The molecule has 0 spiro atoms. The second-order valence-electron chi connectivity index (χ2n) is 6.07. The van der Waals surface area contributed by atoms with Crippen molar-refractivity contribution in [2.75, 3.05) is 13.1 Å². The summed E-state index contributed by atoms with van der Waals surface area (Å²) in [5.41, 5.74) is 5.99. The zero-order chi connectivity index (χ0) is 18.9. The average Bonchev–Trinajstić information content (AvgIpc) is 2.53. The number of aryl methyl sites for hydroxylation is 1. The number of amides is 1. The molecule has 4 N–H and O–H groups in total. The molecule has 1 rings (SSSR count). The fourth-order valence-corrected chi connectivity index (χ4v) is 2.99. The first-order valence-electron chi connectivity index (χ1n) is 8.09. The molecule has 1 aromatic carbocycles. The fourth-order valence-electron chi connectivity index (χ4n) is 1.81. The van der Waals surface area contributed by atoms with Crippen LogP contribution in [-0.4, -0.2) is 32.5 Å². The number of thiocarbonyl (C=S) groups is 1. The van der Waals surface area contributed by atoms with Crippen molar-refractivity contribution in [2.24, 2.45) is 5.92 Å². The molecule has 9 heteroatoms. The summed E-state index contributed by atoms with van der Waals surface area (Å²) in [6.07, 6.45) is 0.962. The molecule has 25 heavy (non-hydrogen) atoms. The Bertz CT molecular complexity index is 673. The van der Waals surface area contributed by atoms with Crippen molar-refractivity contribution in [3.63, 3.8) is 0 Å². The number of rotatable bonds is 8. The van der Waals surface area contributed by atoms with Crippen molar-refractivity contribution in [3.05, 3.63) is 29.8 Å². The molecule has 0 saturated heterocycles. The predicted molar refractivity (Wildman–Crippen MR) is 102 cm³/mol. The number of carbonyl (C=O) groups excluding carboxylic acids is 1. The summed E-state index contributed by atoms with van der Waals surface area (Å²) >= 11 is 5.02. The van der Waals surface area contributed by atoms with Crippen LogP contribution in [0.2, 0.25) is 0 Å². The van der Waals surface area contributed by atoms with Crippen LogP contribution >= 0.6 is 12.2 Å². The lowest BCUT2D eigenvalue weighted by Gasteiger charge is -2.12. The fraction of sp³-hybridized carbons (Fsp3) is 0.500. The number of benzene rings is 1. The van der Waals surface area contributed by atoms with Crippen LogP contribution in [0.15, 0.2) is 29.2 Å². The second-order valence-corrected chi connectivity index (χ2v) is 8.25. The molecule has 0 unspecified atom stereocenters. The summed E-state index contributed by atoms with van der Waals surface area (Å²) in [4.78, 5) is 11.9. The van der Waals surface area contributed by atoms with Gasteiger partial charge in [0.1, 0.15) is 0 Å². The highest BCUT2D eigenvalue weighted by Crippen LogP contribution is 2.09. The van der Waals surface area contributed by atoms with Gasteiger partial charge in [0.05, 0.1) is 4.90 Å². The Morgan fingerprint density at radius 1 is 1.12 bits per heavy atom. The molecule has 0 atom stereocenters. The van der Waals surface area contributed by atoms with Gasteiger partial charge in [-0.05, 0) is 43.6 Å². The van der Waals surface area contributed by atoms with E-state index in [1.165, 1.54) is 12.1 Å². The van der Waals surface area contributed by atoms with E-state index in [0.717, 1.165) is 18.5 Å². The first-order chi connectivity index (χ1) is 11.7. The third-order valence-electron chi connectivity index (χ3n) is 3.30. The van der Waals surface area contributed by atoms with Gasteiger partial charge in [-0.2, -0.15) is 0 Å². The average molecular weight is 387 g/mol. The van der Waals surface area contributed by atoms with E-state index >= 15 is 0 Å². The van der Waals surface area contributed by atoms with E-state index in [9.17, 15) is 13.2 Å². The molecule has 0 aliphatic heterocycles. The molecule has 0 aliphatic rings. The van der Waals surface area contributed by atoms with Crippen LogP contribution in [0.5, 0.6) is 0 Å². The Labute approximate surface area is 155 Å². The SMILES string of the molecule is Cc1ccc(S(=O)(=O)NCCC(=O)NNC(=S)NCCC(C)C)cc1. The van der Waals surface area contributed by atoms with Crippen molar-refractivity contribution < 1.29 is 13.2 Å². The van der Waals surface area contributed by atoms with E-state index in [4.69, 9.17) is 12.2 Å². The molecule has 0 aromatic heterocycles. The Hall–Kier alpha value is -1.71. The van der Waals surface area contributed by atoms with Crippen LogP contribution in [0, 0.1) is 12.8 Å². The zero-order valence-corrected chi connectivity index (χ0v) is 16.4. The lowest BCUT2D eigenvalue weighted by Crippen LogP contribution is -2.47. The topological polar surface area (TPSA) is 99.3 Å². The van der Waals surface area contributed by atoms with Crippen LogP contribution in [0.3, 0.4) is 0 Å². The Morgan fingerprint density at radius 2 is 1.76 bits per heavy atom. The molecule has 0 bridgehead atoms. The molecule has 0 radical (unpaired) electrons. The van der Waals surface area contributed by atoms with Crippen molar-refractivity contribution in [2.45, 2.75) is 38.5 Å². The third kappa shape index (κ3) is 8.80. The number of hydrazine groups is 1. The van der Waals surface area contributed by atoms with Crippen molar-refractivity contribution in [1.82, 2.24) is 20.9 Å².